The first-order valence-electron chi connectivity index (χ1n) is 17.7. The zero-order valence-electron chi connectivity index (χ0n) is 30.1. The van der Waals surface area contributed by atoms with Crippen molar-refractivity contribution in [3.8, 4) is 23.0 Å². The molecule has 53 heavy (non-hydrogen) atoms. The van der Waals surface area contributed by atoms with Gasteiger partial charge in [-0.15, -0.1) is 0 Å². The number of anilines is 2. The first-order chi connectivity index (χ1) is 25.5. The molecule has 0 aliphatic carbocycles. The van der Waals surface area contributed by atoms with Crippen LogP contribution in [-0.2, 0) is 28.9 Å². The molecule has 2 N–H and O–H groups in total. The summed E-state index contributed by atoms with van der Waals surface area (Å²) >= 11 is 0. The summed E-state index contributed by atoms with van der Waals surface area (Å²) in [5, 5.41) is 7.66. The Kier molecular flexibility index (Phi) is 8.60. The van der Waals surface area contributed by atoms with Crippen molar-refractivity contribution >= 4 is 45.0 Å². The predicted octanol–water partition coefficient (Wildman–Crippen LogP) is 7.78. The highest BCUT2D eigenvalue weighted by atomic mass is 16.5. The van der Waals surface area contributed by atoms with Crippen LogP contribution in [0.25, 0.3) is 21.8 Å². The van der Waals surface area contributed by atoms with Crippen molar-refractivity contribution in [2.45, 2.75) is 58.2 Å². The lowest BCUT2D eigenvalue weighted by atomic mass is 9.90. The average molecular weight is 709 g/mol. The van der Waals surface area contributed by atoms with Gasteiger partial charge in [-0.05, 0) is 81.8 Å². The molecule has 10 nitrogen and oxygen atoms in total. The largest absolute Gasteiger partial charge is 0.483 e. The maximum atomic E-state index is 13.2. The Bertz CT molecular complexity index is 2410. The molecule has 2 amide bonds. The fourth-order valence-electron chi connectivity index (χ4n) is 7.27. The minimum atomic E-state index is -0.598. The number of rotatable bonds is 10. The summed E-state index contributed by atoms with van der Waals surface area (Å²) in [4.78, 5) is 35.0. The lowest BCUT2D eigenvalue weighted by Gasteiger charge is -2.25. The molecule has 4 heterocycles. The maximum absolute atomic E-state index is 13.2. The van der Waals surface area contributed by atoms with Crippen molar-refractivity contribution in [2.75, 3.05) is 23.8 Å². The van der Waals surface area contributed by atoms with Crippen LogP contribution in [-0.4, -0.2) is 46.2 Å². The van der Waals surface area contributed by atoms with E-state index in [1.54, 1.807) is 6.20 Å². The van der Waals surface area contributed by atoms with Crippen LogP contribution in [0.4, 0.5) is 11.4 Å². The molecule has 0 saturated carbocycles. The molecular formula is C43H40N4O6. The number of aromatic nitrogens is 2. The molecule has 268 valence electrons. The molecular weight excluding hydrogens is 668 g/mol. The number of hydrogen-bond acceptors (Lipinski definition) is 8. The Balaban J connectivity index is 0.944. The van der Waals surface area contributed by atoms with Gasteiger partial charge in [-0.2, -0.15) is 0 Å². The van der Waals surface area contributed by atoms with Gasteiger partial charge >= 0.3 is 0 Å². The van der Waals surface area contributed by atoms with E-state index < -0.39 is 11.2 Å². The van der Waals surface area contributed by atoms with Gasteiger partial charge in [0.2, 0.25) is 0 Å². The van der Waals surface area contributed by atoms with Crippen molar-refractivity contribution < 1.29 is 28.5 Å². The molecule has 0 bridgehead atoms. The number of aryl methyl sites for hydroxylation is 1. The summed E-state index contributed by atoms with van der Waals surface area (Å²) in [5.74, 6) is 1.73. The minimum absolute atomic E-state index is 0.185. The van der Waals surface area contributed by atoms with Crippen LogP contribution in [0.1, 0.15) is 43.2 Å². The summed E-state index contributed by atoms with van der Waals surface area (Å²) < 4.78 is 25.1. The number of benzene rings is 4. The van der Waals surface area contributed by atoms with Gasteiger partial charge in [0.15, 0.2) is 36.2 Å². The monoisotopic (exact) mass is 708 g/mol. The number of nitrogens with zero attached hydrogens (tertiary/aromatic N) is 2. The van der Waals surface area contributed by atoms with Crippen LogP contribution in [0.2, 0.25) is 0 Å². The lowest BCUT2D eigenvalue weighted by molar-refractivity contribution is -0.118. The molecule has 2 aromatic heterocycles. The van der Waals surface area contributed by atoms with Gasteiger partial charge in [0, 0.05) is 46.9 Å². The standard InChI is InChI=1S/C43H40N4O6/c1-26-15-16-32-34(45-26)12-8-13-35(32)47-39(49)25-51-37-18-27(17-30-21-42(2,3)52-41(30)37)20-43(4)22-29-10-7-14-36(40(29)53-43)50-24-38(48)46-31-19-28-9-5-6-11-33(28)44-23-31/h5-19,23H,20-22,24-25H2,1-4H3,(H,46,48)(H,47,49). The number of carbonyl (C=O) groups excluding carboxylic acids is 2. The summed E-state index contributed by atoms with van der Waals surface area (Å²) in [5.41, 5.74) is 5.87. The van der Waals surface area contributed by atoms with Crippen LogP contribution in [0, 0.1) is 6.92 Å². The maximum Gasteiger partial charge on any atom is 0.262 e. The second-order valence-corrected chi connectivity index (χ2v) is 14.7. The molecule has 2 aliphatic heterocycles. The summed E-state index contributed by atoms with van der Waals surface area (Å²) in [6.45, 7) is 7.71. The van der Waals surface area contributed by atoms with E-state index in [-0.39, 0.29) is 25.0 Å². The highest BCUT2D eigenvalue weighted by Gasteiger charge is 2.39. The van der Waals surface area contributed by atoms with Crippen LogP contribution < -0.4 is 29.6 Å². The van der Waals surface area contributed by atoms with E-state index in [2.05, 4.69) is 33.6 Å². The van der Waals surface area contributed by atoms with Crippen molar-refractivity contribution in [3.63, 3.8) is 0 Å². The Morgan fingerprint density at radius 3 is 2.38 bits per heavy atom. The van der Waals surface area contributed by atoms with Gasteiger partial charge in [-0.3, -0.25) is 19.6 Å². The summed E-state index contributed by atoms with van der Waals surface area (Å²) in [6.07, 6.45) is 3.55. The lowest BCUT2D eigenvalue weighted by Crippen LogP contribution is -2.33. The molecule has 0 radical (unpaired) electrons. The molecule has 0 spiro atoms. The highest BCUT2D eigenvalue weighted by molar-refractivity contribution is 6.01. The number of ether oxygens (including phenoxy) is 4. The Morgan fingerprint density at radius 1 is 0.755 bits per heavy atom. The number of pyridine rings is 2. The molecule has 0 fully saturated rings. The molecule has 1 unspecified atom stereocenters. The van der Waals surface area contributed by atoms with E-state index in [1.165, 1.54) is 0 Å². The van der Waals surface area contributed by atoms with E-state index in [9.17, 15) is 9.59 Å². The van der Waals surface area contributed by atoms with Crippen LogP contribution in [0.15, 0.2) is 97.2 Å². The molecule has 6 aromatic rings. The van der Waals surface area contributed by atoms with Gasteiger partial charge in [0.05, 0.1) is 28.6 Å². The minimum Gasteiger partial charge on any atom is -0.483 e. The first-order valence-corrected chi connectivity index (χ1v) is 17.7. The smallest absolute Gasteiger partial charge is 0.262 e. The topological polar surface area (TPSA) is 121 Å². The van der Waals surface area contributed by atoms with Crippen molar-refractivity contribution in [3.05, 3.63) is 120 Å². The van der Waals surface area contributed by atoms with Gasteiger partial charge in [0.1, 0.15) is 11.2 Å². The van der Waals surface area contributed by atoms with E-state index in [4.69, 9.17) is 18.9 Å². The number of hydrogen-bond donors (Lipinski definition) is 2. The summed E-state index contributed by atoms with van der Waals surface area (Å²) in [6, 6.07) is 29.0. The number of fused-ring (bicyclic) bond motifs is 4. The molecule has 4 aromatic carbocycles. The number of nitrogens with one attached hydrogen (secondary N) is 2. The van der Waals surface area contributed by atoms with Crippen LogP contribution in [0.3, 0.4) is 0 Å². The zero-order chi connectivity index (χ0) is 36.7. The Morgan fingerprint density at radius 2 is 1.51 bits per heavy atom. The van der Waals surface area contributed by atoms with E-state index in [0.29, 0.717) is 53.6 Å². The quantitative estimate of drug-likeness (QED) is 0.148. The normalized spacial score (nSPS) is 16.7. The van der Waals surface area contributed by atoms with Crippen molar-refractivity contribution in [2.24, 2.45) is 0 Å². The molecule has 10 heteroatoms. The second kappa shape index (κ2) is 13.4. The fraction of sp³-hybridized carbons (Fsp3) is 0.256. The predicted molar refractivity (Wildman–Crippen MR) is 204 cm³/mol. The van der Waals surface area contributed by atoms with Crippen LogP contribution in [0.5, 0.6) is 23.0 Å². The second-order valence-electron chi connectivity index (χ2n) is 14.7. The molecule has 1 atom stereocenters. The third-order valence-electron chi connectivity index (χ3n) is 9.47. The van der Waals surface area contributed by atoms with Gasteiger partial charge in [-0.25, -0.2) is 0 Å². The van der Waals surface area contributed by atoms with Gasteiger partial charge in [-0.1, -0.05) is 42.5 Å². The van der Waals surface area contributed by atoms with Crippen molar-refractivity contribution in [1.82, 2.24) is 9.97 Å². The third kappa shape index (κ3) is 7.30. The SMILES string of the molecule is Cc1ccc2c(NC(=O)COc3cc(CC4(C)Cc5cccc(OCC(=O)Nc6cnc7ccccc7c6)c5O4)cc4c3OC(C)(C)C4)cccc2n1. The van der Waals surface area contributed by atoms with E-state index in [0.717, 1.165) is 44.2 Å². The summed E-state index contributed by atoms with van der Waals surface area (Å²) in [7, 11) is 0. The number of amides is 2. The number of carbonyl (C=O) groups is 2. The van der Waals surface area contributed by atoms with E-state index in [1.807, 2.05) is 106 Å². The third-order valence-corrected chi connectivity index (χ3v) is 9.47. The fourth-order valence-corrected chi connectivity index (χ4v) is 7.27. The highest BCUT2D eigenvalue weighted by Crippen LogP contribution is 2.46. The van der Waals surface area contributed by atoms with Gasteiger partial charge < -0.3 is 29.6 Å². The van der Waals surface area contributed by atoms with Gasteiger partial charge in [0.25, 0.3) is 11.8 Å². The molecule has 2 aliphatic rings. The Hall–Kier alpha value is -6.16. The zero-order valence-corrected chi connectivity index (χ0v) is 30.1. The molecule has 8 rings (SSSR count). The molecule has 0 saturated heterocycles. The first kappa shape index (κ1) is 34.0. The average Bonchev–Trinajstić information content (AvgIpc) is 3.63. The van der Waals surface area contributed by atoms with E-state index >= 15 is 0 Å². The number of para-hydroxylation sites is 2. The Labute approximate surface area is 307 Å². The van der Waals surface area contributed by atoms with Crippen molar-refractivity contribution in [1.29, 1.82) is 0 Å². The van der Waals surface area contributed by atoms with Crippen LogP contribution >= 0.6 is 0 Å².